The van der Waals surface area contributed by atoms with Gasteiger partial charge in [0.2, 0.25) is 0 Å². The molecule has 2 fully saturated rings. The van der Waals surface area contributed by atoms with E-state index in [-0.39, 0.29) is 0 Å². The first-order valence-electron chi connectivity index (χ1n) is 12.9. The van der Waals surface area contributed by atoms with Gasteiger partial charge in [0.15, 0.2) is 0 Å². The number of nitrogens with zero attached hydrogens (tertiary/aromatic N) is 1. The van der Waals surface area contributed by atoms with Gasteiger partial charge in [0.1, 0.15) is 5.82 Å². The van der Waals surface area contributed by atoms with Gasteiger partial charge in [-0.1, -0.05) is 49.4 Å². The van der Waals surface area contributed by atoms with Crippen LogP contribution in [0.15, 0.2) is 42.6 Å². The van der Waals surface area contributed by atoms with Gasteiger partial charge in [-0.15, -0.1) is 0 Å². The number of rotatable bonds is 6. The lowest BCUT2D eigenvalue weighted by atomic mass is 9.87. The summed E-state index contributed by atoms with van der Waals surface area (Å²) in [6.45, 7) is 6.54. The molecule has 0 saturated heterocycles. The summed E-state index contributed by atoms with van der Waals surface area (Å²) >= 11 is 7.03. The minimum Gasteiger partial charge on any atom is -0.382 e. The molecule has 2 aliphatic carbocycles. The number of halogens is 1. The van der Waals surface area contributed by atoms with Crippen LogP contribution in [0.4, 0.5) is 11.5 Å². The Kier molecular flexibility index (Phi) is 6.83. The van der Waals surface area contributed by atoms with E-state index >= 15 is 0 Å². The lowest BCUT2D eigenvalue weighted by molar-refractivity contribution is 0.750. The summed E-state index contributed by atoms with van der Waals surface area (Å²) in [5.74, 6) is 0.959. The predicted octanol–water partition coefficient (Wildman–Crippen LogP) is 8.70. The van der Waals surface area contributed by atoms with Crippen molar-refractivity contribution in [2.45, 2.75) is 84.2 Å². The number of hydrogen-bond acceptors (Lipinski definition) is 3. The average molecular weight is 474 g/mol. The Morgan fingerprint density at radius 2 is 1.24 bits per heavy atom. The molecule has 0 atom stereocenters. The number of nitrogens with one attached hydrogen (secondary N) is 2. The Bertz CT molecular complexity index is 1020. The van der Waals surface area contributed by atoms with Gasteiger partial charge in [-0.3, -0.25) is 0 Å². The standard InChI is InChI=1S/C30H36ClN3/c1-19-20(2)29(23-14-17-27(32-18-23)34-25-10-6-7-11-25)30(31)21(3)28(19)22-12-15-26(16-13-22)33-24-8-4-5-9-24/h12-18,24-25,33H,4-11H2,1-3H3,(H,32,34). The first-order chi connectivity index (χ1) is 16.5. The maximum atomic E-state index is 7.03. The summed E-state index contributed by atoms with van der Waals surface area (Å²) < 4.78 is 0. The molecule has 3 aromatic rings. The first kappa shape index (κ1) is 23.2. The predicted molar refractivity (Wildman–Crippen MR) is 146 cm³/mol. The van der Waals surface area contributed by atoms with Crippen molar-refractivity contribution in [3.8, 4) is 22.3 Å². The lowest BCUT2D eigenvalue weighted by Crippen LogP contribution is -2.15. The van der Waals surface area contributed by atoms with Crippen LogP contribution >= 0.6 is 11.6 Å². The summed E-state index contributed by atoms with van der Waals surface area (Å²) in [6, 6.07) is 14.3. The summed E-state index contributed by atoms with van der Waals surface area (Å²) in [5, 5.41) is 8.09. The molecule has 0 spiro atoms. The molecule has 1 heterocycles. The Hall–Kier alpha value is -2.52. The molecule has 0 aliphatic heterocycles. The van der Waals surface area contributed by atoms with Crippen molar-refractivity contribution in [2.75, 3.05) is 10.6 Å². The molecule has 2 aromatic carbocycles. The van der Waals surface area contributed by atoms with Crippen LogP contribution < -0.4 is 10.6 Å². The molecule has 0 unspecified atom stereocenters. The largest absolute Gasteiger partial charge is 0.382 e. The van der Waals surface area contributed by atoms with Crippen molar-refractivity contribution in [3.05, 3.63) is 64.3 Å². The Morgan fingerprint density at radius 1 is 0.676 bits per heavy atom. The summed E-state index contributed by atoms with van der Waals surface area (Å²) in [6.07, 6.45) is 12.3. The first-order valence-corrected chi connectivity index (χ1v) is 13.3. The van der Waals surface area contributed by atoms with Crippen LogP contribution in [-0.4, -0.2) is 17.1 Å². The van der Waals surface area contributed by atoms with Crippen LogP contribution in [0.25, 0.3) is 22.3 Å². The third kappa shape index (κ3) is 4.68. The SMILES string of the molecule is Cc1c(C)c(-c2ccc(NC3CCCC3)nc2)c(Cl)c(C)c1-c1ccc(NC2CCCC2)cc1. The smallest absolute Gasteiger partial charge is 0.126 e. The molecule has 2 aliphatic rings. The molecule has 1 aromatic heterocycles. The van der Waals surface area contributed by atoms with E-state index in [2.05, 4.69) is 67.8 Å². The quantitative estimate of drug-likeness (QED) is 0.375. The Morgan fingerprint density at radius 3 is 1.82 bits per heavy atom. The van der Waals surface area contributed by atoms with Crippen molar-refractivity contribution in [1.82, 2.24) is 4.98 Å². The molecule has 0 bridgehead atoms. The maximum Gasteiger partial charge on any atom is 0.126 e. The van der Waals surface area contributed by atoms with Gasteiger partial charge in [0.25, 0.3) is 0 Å². The molecular formula is C30H36ClN3. The fraction of sp³-hybridized carbons (Fsp3) is 0.433. The van der Waals surface area contributed by atoms with E-state index in [4.69, 9.17) is 16.6 Å². The minimum atomic E-state index is 0.562. The summed E-state index contributed by atoms with van der Waals surface area (Å²) in [4.78, 5) is 4.72. The monoisotopic (exact) mass is 473 g/mol. The van der Waals surface area contributed by atoms with Crippen molar-refractivity contribution < 1.29 is 0 Å². The minimum absolute atomic E-state index is 0.562. The number of benzene rings is 2. The van der Waals surface area contributed by atoms with Gasteiger partial charge in [-0.25, -0.2) is 4.98 Å². The molecular weight excluding hydrogens is 438 g/mol. The fourth-order valence-electron chi connectivity index (χ4n) is 5.84. The van der Waals surface area contributed by atoms with Gasteiger partial charge in [-0.2, -0.15) is 0 Å². The summed E-state index contributed by atoms with van der Waals surface area (Å²) in [7, 11) is 0. The molecule has 4 heteroatoms. The highest BCUT2D eigenvalue weighted by Crippen LogP contribution is 2.42. The van der Waals surface area contributed by atoms with Crippen LogP contribution in [0.3, 0.4) is 0 Å². The Balaban J connectivity index is 1.42. The van der Waals surface area contributed by atoms with E-state index in [1.54, 1.807) is 0 Å². The molecule has 0 radical (unpaired) electrons. The number of aromatic nitrogens is 1. The van der Waals surface area contributed by atoms with E-state index in [0.717, 1.165) is 27.5 Å². The van der Waals surface area contributed by atoms with E-state index in [1.165, 1.54) is 79.3 Å². The molecule has 0 amide bonds. The fourth-order valence-corrected chi connectivity index (χ4v) is 6.19. The van der Waals surface area contributed by atoms with Gasteiger partial charge >= 0.3 is 0 Å². The molecule has 178 valence electrons. The second kappa shape index (κ2) is 10.00. The van der Waals surface area contributed by atoms with Crippen LogP contribution in [0, 0.1) is 20.8 Å². The highest BCUT2D eigenvalue weighted by Gasteiger charge is 2.20. The maximum absolute atomic E-state index is 7.03. The third-order valence-electron chi connectivity index (χ3n) is 7.90. The zero-order valence-electron chi connectivity index (χ0n) is 20.7. The van der Waals surface area contributed by atoms with Gasteiger partial charge in [-0.05, 0) is 98.5 Å². The van der Waals surface area contributed by atoms with Crippen molar-refractivity contribution in [2.24, 2.45) is 0 Å². The topological polar surface area (TPSA) is 37.0 Å². The molecule has 3 nitrogen and oxygen atoms in total. The van der Waals surface area contributed by atoms with Crippen molar-refractivity contribution in [1.29, 1.82) is 0 Å². The van der Waals surface area contributed by atoms with Crippen LogP contribution in [0.5, 0.6) is 0 Å². The normalized spacial score (nSPS) is 16.8. The number of hydrogen-bond donors (Lipinski definition) is 2. The number of anilines is 2. The van der Waals surface area contributed by atoms with Crippen molar-refractivity contribution >= 4 is 23.1 Å². The Labute approximate surface area is 209 Å². The number of pyridine rings is 1. The van der Waals surface area contributed by atoms with Crippen molar-refractivity contribution in [3.63, 3.8) is 0 Å². The van der Waals surface area contributed by atoms with E-state index in [1.807, 2.05) is 6.20 Å². The molecule has 2 N–H and O–H groups in total. The van der Waals surface area contributed by atoms with Crippen LogP contribution in [0.2, 0.25) is 5.02 Å². The van der Waals surface area contributed by atoms with E-state index in [9.17, 15) is 0 Å². The van der Waals surface area contributed by atoms with Crippen LogP contribution in [0.1, 0.15) is 68.1 Å². The van der Waals surface area contributed by atoms with Gasteiger partial charge in [0.05, 0.1) is 5.02 Å². The average Bonchev–Trinajstić information content (AvgIpc) is 3.55. The lowest BCUT2D eigenvalue weighted by Gasteiger charge is -2.21. The van der Waals surface area contributed by atoms with E-state index < -0.39 is 0 Å². The van der Waals surface area contributed by atoms with E-state index in [0.29, 0.717) is 12.1 Å². The zero-order chi connectivity index (χ0) is 23.7. The second-order valence-electron chi connectivity index (χ2n) is 10.2. The second-order valence-corrected chi connectivity index (χ2v) is 10.6. The summed E-state index contributed by atoms with van der Waals surface area (Å²) in [5.41, 5.74) is 9.47. The molecule has 34 heavy (non-hydrogen) atoms. The highest BCUT2D eigenvalue weighted by molar-refractivity contribution is 6.35. The zero-order valence-corrected chi connectivity index (χ0v) is 21.4. The van der Waals surface area contributed by atoms with Gasteiger partial charge < -0.3 is 10.6 Å². The highest BCUT2D eigenvalue weighted by atomic mass is 35.5. The van der Waals surface area contributed by atoms with Gasteiger partial charge in [0, 0.05) is 35.1 Å². The molecule has 5 rings (SSSR count). The third-order valence-corrected chi connectivity index (χ3v) is 8.37. The van der Waals surface area contributed by atoms with Crippen LogP contribution in [-0.2, 0) is 0 Å². The molecule has 2 saturated carbocycles.